The van der Waals surface area contributed by atoms with E-state index >= 15 is 0 Å². The number of carbonyl (C=O) groups excluding carboxylic acids is 3. The van der Waals surface area contributed by atoms with E-state index in [1.807, 2.05) is 34.6 Å². The van der Waals surface area contributed by atoms with Gasteiger partial charge in [0.25, 0.3) is 0 Å². The van der Waals surface area contributed by atoms with Crippen molar-refractivity contribution in [2.75, 3.05) is 19.7 Å². The van der Waals surface area contributed by atoms with Gasteiger partial charge in [0, 0.05) is 23.9 Å². The molecule has 1 fully saturated rings. The Labute approximate surface area is 201 Å². The fraction of sp³-hybridized carbons (Fsp3) is 0.864. The lowest BCUT2D eigenvalue weighted by Crippen LogP contribution is -2.48. The third-order valence-electron chi connectivity index (χ3n) is 4.12. The number of ether oxygens (including phenoxy) is 2. The molecule has 0 bridgehead atoms. The van der Waals surface area contributed by atoms with E-state index in [2.05, 4.69) is 31.4 Å². The Morgan fingerprint density at radius 1 is 1.06 bits per heavy atom. The van der Waals surface area contributed by atoms with Crippen LogP contribution in [-0.4, -0.2) is 64.5 Å². The number of hydrogen-bond donors (Lipinski definition) is 2. The summed E-state index contributed by atoms with van der Waals surface area (Å²) in [7, 11) is 3.08. The normalized spacial score (nSPS) is 16.5. The fourth-order valence-corrected chi connectivity index (χ4v) is 5.05. The van der Waals surface area contributed by atoms with E-state index in [0.29, 0.717) is 32.5 Å². The number of nitrogens with one attached hydrogen (secondary N) is 2. The molecule has 1 atom stereocenters. The second-order valence-corrected chi connectivity index (χ2v) is 13.7. The van der Waals surface area contributed by atoms with Crippen LogP contribution in [0.25, 0.3) is 0 Å². The van der Waals surface area contributed by atoms with E-state index < -0.39 is 17.1 Å². The van der Waals surface area contributed by atoms with Crippen molar-refractivity contribution in [2.24, 2.45) is 5.92 Å². The third-order valence-corrected chi connectivity index (χ3v) is 7.72. The Balaban J connectivity index is 2.53. The van der Waals surface area contributed by atoms with E-state index in [9.17, 15) is 14.4 Å². The van der Waals surface area contributed by atoms with Gasteiger partial charge in [-0.15, -0.1) is 0 Å². The molecule has 2 N–H and O–H groups in total. The predicted molar refractivity (Wildman–Crippen MR) is 132 cm³/mol. The van der Waals surface area contributed by atoms with Crippen LogP contribution in [0, 0.1) is 5.92 Å². The van der Waals surface area contributed by atoms with E-state index in [1.54, 1.807) is 15.7 Å². The van der Waals surface area contributed by atoms with Crippen LogP contribution >= 0.6 is 21.6 Å². The molecule has 0 saturated carbocycles. The number of hydrogen-bond acceptors (Lipinski definition) is 7. The van der Waals surface area contributed by atoms with E-state index in [-0.39, 0.29) is 35.1 Å². The van der Waals surface area contributed by atoms with Gasteiger partial charge < -0.3 is 25.0 Å². The van der Waals surface area contributed by atoms with Crippen LogP contribution in [-0.2, 0) is 14.3 Å². The number of likely N-dealkylation sites (tertiary alicyclic amines) is 1. The standard InChI is InChI=1S/C22H41N3O5S2/c1-15(2)14-29-19(27)24-18(31-32-22(6,7)8)13-17(26)23-16-9-11-25(12-10-16)20(28)30-21(3,4)5/h15-16,18H,9-14H2,1-8H3,(H,23,26)(H,24,27). The summed E-state index contributed by atoms with van der Waals surface area (Å²) >= 11 is 0. The molecule has 3 amide bonds. The van der Waals surface area contributed by atoms with Crippen molar-refractivity contribution in [2.45, 2.75) is 96.4 Å². The van der Waals surface area contributed by atoms with Gasteiger partial charge in [-0.05, 0) is 39.5 Å². The monoisotopic (exact) mass is 491 g/mol. The summed E-state index contributed by atoms with van der Waals surface area (Å²) in [6, 6.07) is -0.00463. The third kappa shape index (κ3) is 13.3. The maximum atomic E-state index is 12.7. The molecule has 0 radical (unpaired) electrons. The number of rotatable bonds is 8. The average molecular weight is 492 g/mol. The van der Waals surface area contributed by atoms with Crippen LogP contribution in [0.5, 0.6) is 0 Å². The van der Waals surface area contributed by atoms with Gasteiger partial charge in [0.2, 0.25) is 5.91 Å². The highest BCUT2D eigenvalue weighted by Gasteiger charge is 2.28. The van der Waals surface area contributed by atoms with Crippen molar-refractivity contribution in [3.8, 4) is 0 Å². The highest BCUT2D eigenvalue weighted by Crippen LogP contribution is 2.38. The van der Waals surface area contributed by atoms with Crippen LogP contribution in [0.3, 0.4) is 0 Å². The lowest BCUT2D eigenvalue weighted by molar-refractivity contribution is -0.122. The first-order valence-corrected chi connectivity index (χ1v) is 13.4. The average Bonchev–Trinajstić information content (AvgIpc) is 2.63. The summed E-state index contributed by atoms with van der Waals surface area (Å²) in [6.45, 7) is 17.1. The number of piperidine rings is 1. The Hall–Kier alpha value is -1.29. The second-order valence-electron chi connectivity index (χ2n) is 10.4. The van der Waals surface area contributed by atoms with Crippen molar-refractivity contribution in [3.05, 3.63) is 0 Å². The van der Waals surface area contributed by atoms with E-state index in [4.69, 9.17) is 9.47 Å². The van der Waals surface area contributed by atoms with Gasteiger partial charge in [-0.25, -0.2) is 9.59 Å². The summed E-state index contributed by atoms with van der Waals surface area (Å²) < 4.78 is 10.6. The summed E-state index contributed by atoms with van der Waals surface area (Å²) in [5.41, 5.74) is -0.525. The molecule has 0 aromatic rings. The maximum Gasteiger partial charge on any atom is 0.410 e. The number of carbonyl (C=O) groups is 3. The highest BCUT2D eigenvalue weighted by atomic mass is 33.1. The topological polar surface area (TPSA) is 97.0 Å². The lowest BCUT2D eigenvalue weighted by Gasteiger charge is -2.34. The first-order valence-electron chi connectivity index (χ1n) is 11.2. The highest BCUT2D eigenvalue weighted by molar-refractivity contribution is 8.77. The van der Waals surface area contributed by atoms with E-state index in [0.717, 1.165) is 0 Å². The second kappa shape index (κ2) is 12.8. The molecule has 0 spiro atoms. The molecule has 8 nitrogen and oxygen atoms in total. The zero-order chi connectivity index (χ0) is 24.5. The van der Waals surface area contributed by atoms with Crippen LogP contribution in [0.1, 0.15) is 74.7 Å². The van der Waals surface area contributed by atoms with Gasteiger partial charge in [0.1, 0.15) is 5.60 Å². The SMILES string of the molecule is CC(C)COC(=O)NC(CC(=O)NC1CCN(C(=O)OC(C)(C)C)CC1)SSC(C)(C)C. The Morgan fingerprint density at radius 3 is 2.16 bits per heavy atom. The number of alkyl carbamates (subject to hydrolysis) is 1. The van der Waals surface area contributed by atoms with Crippen LogP contribution < -0.4 is 10.6 Å². The molecule has 1 unspecified atom stereocenters. The van der Waals surface area contributed by atoms with Crippen LogP contribution in [0.4, 0.5) is 9.59 Å². The molecular weight excluding hydrogens is 450 g/mol. The molecule has 186 valence electrons. The lowest BCUT2D eigenvalue weighted by atomic mass is 10.1. The Kier molecular flexibility index (Phi) is 11.5. The van der Waals surface area contributed by atoms with Crippen molar-refractivity contribution < 1.29 is 23.9 Å². The molecule has 10 heteroatoms. The number of amides is 3. The van der Waals surface area contributed by atoms with Crippen molar-refractivity contribution in [1.82, 2.24) is 15.5 Å². The summed E-state index contributed by atoms with van der Waals surface area (Å²) in [5, 5.41) is 5.45. The molecule has 0 aliphatic carbocycles. The van der Waals surface area contributed by atoms with Crippen LogP contribution in [0.2, 0.25) is 0 Å². The predicted octanol–water partition coefficient (Wildman–Crippen LogP) is 4.78. The van der Waals surface area contributed by atoms with Crippen LogP contribution in [0.15, 0.2) is 0 Å². The molecule has 0 aromatic carbocycles. The van der Waals surface area contributed by atoms with E-state index in [1.165, 1.54) is 10.8 Å². The zero-order valence-corrected chi connectivity index (χ0v) is 22.4. The summed E-state index contributed by atoms with van der Waals surface area (Å²) in [4.78, 5) is 38.7. The summed E-state index contributed by atoms with van der Waals surface area (Å²) in [5.74, 6) is 0.113. The largest absolute Gasteiger partial charge is 0.449 e. The molecule has 1 aliphatic rings. The quantitative estimate of drug-likeness (QED) is 0.372. The van der Waals surface area contributed by atoms with Gasteiger partial charge in [0.05, 0.1) is 18.4 Å². The van der Waals surface area contributed by atoms with Gasteiger partial charge >= 0.3 is 12.2 Å². The maximum absolute atomic E-state index is 12.7. The first-order chi connectivity index (χ1) is 14.6. The van der Waals surface area contributed by atoms with Gasteiger partial charge in [-0.2, -0.15) is 0 Å². The smallest absolute Gasteiger partial charge is 0.410 e. The molecule has 1 heterocycles. The minimum absolute atomic E-state index is 0.00463. The Bertz CT molecular complexity index is 624. The molecule has 32 heavy (non-hydrogen) atoms. The fourth-order valence-electron chi connectivity index (χ4n) is 2.71. The van der Waals surface area contributed by atoms with Gasteiger partial charge in [-0.1, -0.05) is 56.2 Å². The molecule has 1 rings (SSSR count). The van der Waals surface area contributed by atoms with Gasteiger partial charge in [-0.3, -0.25) is 4.79 Å². The minimum Gasteiger partial charge on any atom is -0.449 e. The molecule has 1 aliphatic heterocycles. The van der Waals surface area contributed by atoms with Crippen molar-refractivity contribution in [1.29, 1.82) is 0 Å². The number of nitrogens with zero attached hydrogens (tertiary/aromatic N) is 1. The molecular formula is C22H41N3O5S2. The minimum atomic E-state index is -0.525. The Morgan fingerprint density at radius 2 is 1.66 bits per heavy atom. The van der Waals surface area contributed by atoms with Crippen molar-refractivity contribution >= 4 is 39.7 Å². The molecule has 0 aromatic heterocycles. The molecule has 1 saturated heterocycles. The summed E-state index contributed by atoms with van der Waals surface area (Å²) in [6.07, 6.45) is 0.662. The first kappa shape index (κ1) is 28.7. The zero-order valence-electron chi connectivity index (χ0n) is 20.8. The van der Waals surface area contributed by atoms with Gasteiger partial charge in [0.15, 0.2) is 0 Å². The van der Waals surface area contributed by atoms with Crippen molar-refractivity contribution in [3.63, 3.8) is 0 Å².